The number of nitrogens with zero attached hydrogens (tertiary/aromatic N) is 2. The molecule has 1 aromatic carbocycles. The van der Waals surface area contributed by atoms with E-state index in [0.717, 1.165) is 24.4 Å². The van der Waals surface area contributed by atoms with Gasteiger partial charge in [-0.05, 0) is 24.6 Å². The quantitative estimate of drug-likeness (QED) is 0.922. The molecular weight excluding hydrogens is 252 g/mol. The van der Waals surface area contributed by atoms with Crippen LogP contribution in [-0.4, -0.2) is 20.6 Å². The van der Waals surface area contributed by atoms with Gasteiger partial charge in [0.25, 0.3) is 0 Å². The molecule has 0 amide bonds. The van der Waals surface area contributed by atoms with E-state index >= 15 is 0 Å². The minimum absolute atomic E-state index is 0.0974. The molecule has 2 aromatic rings. The molecule has 0 aliphatic heterocycles. The van der Waals surface area contributed by atoms with Gasteiger partial charge in [0.05, 0.1) is 10.6 Å². The van der Waals surface area contributed by atoms with Crippen LogP contribution < -0.4 is 0 Å². The number of hydrogen-bond acceptors (Lipinski definition) is 2. The fraction of sp³-hybridized carbons (Fsp3) is 0.231. The lowest BCUT2D eigenvalue weighted by molar-refractivity contribution is 0.0697. The summed E-state index contributed by atoms with van der Waals surface area (Å²) in [6, 6.07) is 4.92. The van der Waals surface area contributed by atoms with Crippen LogP contribution in [0.1, 0.15) is 23.7 Å². The summed E-state index contributed by atoms with van der Waals surface area (Å²) in [7, 11) is 0. The van der Waals surface area contributed by atoms with Crippen molar-refractivity contribution in [2.24, 2.45) is 0 Å². The molecule has 0 atom stereocenters. The highest BCUT2D eigenvalue weighted by Crippen LogP contribution is 2.24. The molecule has 0 aliphatic rings. The average Bonchev–Trinajstić information content (AvgIpc) is 2.78. The molecule has 1 heterocycles. The number of rotatable bonds is 4. The Morgan fingerprint density at radius 3 is 2.94 bits per heavy atom. The molecule has 4 nitrogen and oxygen atoms in total. The second kappa shape index (κ2) is 5.23. The monoisotopic (exact) mass is 264 g/mol. The third-order valence-electron chi connectivity index (χ3n) is 2.63. The summed E-state index contributed by atoms with van der Waals surface area (Å²) in [5, 5.41) is 9.28. The summed E-state index contributed by atoms with van der Waals surface area (Å²) in [4.78, 5) is 15.3. The molecule has 2 rings (SSSR count). The summed E-state index contributed by atoms with van der Waals surface area (Å²) in [6.45, 7) is 2.93. The summed E-state index contributed by atoms with van der Waals surface area (Å²) in [5.41, 5.74) is 0.857. The van der Waals surface area contributed by atoms with Crippen molar-refractivity contribution in [2.75, 3.05) is 0 Å². The van der Waals surface area contributed by atoms with Crippen molar-refractivity contribution >= 4 is 17.6 Å². The van der Waals surface area contributed by atoms with Gasteiger partial charge in [-0.15, -0.1) is 0 Å². The topological polar surface area (TPSA) is 55.1 Å². The van der Waals surface area contributed by atoms with Gasteiger partial charge in [0.2, 0.25) is 0 Å². The van der Waals surface area contributed by atoms with Crippen molar-refractivity contribution in [1.82, 2.24) is 9.55 Å². The highest BCUT2D eigenvalue weighted by atomic mass is 35.5. The Morgan fingerprint density at radius 2 is 2.28 bits per heavy atom. The lowest BCUT2D eigenvalue weighted by atomic mass is 10.1. The fourth-order valence-corrected chi connectivity index (χ4v) is 2.02. The van der Waals surface area contributed by atoms with Gasteiger partial charge in [0.15, 0.2) is 0 Å². The van der Waals surface area contributed by atoms with E-state index in [2.05, 4.69) is 11.9 Å². The molecule has 0 unspecified atom stereocenters. The standard InChI is InChI=1S/C13H13ClN2O2/c1-2-6-16-7-5-15-12(16)9-3-4-11(14)10(8-9)13(17)18/h3-5,7-8H,2,6H2,1H3,(H,17,18). The SMILES string of the molecule is CCCn1ccnc1-c1ccc(Cl)c(C(=O)O)c1. The van der Waals surface area contributed by atoms with Crippen molar-refractivity contribution in [2.45, 2.75) is 19.9 Å². The minimum Gasteiger partial charge on any atom is -0.478 e. The van der Waals surface area contributed by atoms with Gasteiger partial charge >= 0.3 is 5.97 Å². The van der Waals surface area contributed by atoms with Crippen LogP contribution in [0.25, 0.3) is 11.4 Å². The first kappa shape index (κ1) is 12.6. The Bertz CT molecular complexity index is 578. The smallest absolute Gasteiger partial charge is 0.337 e. The van der Waals surface area contributed by atoms with Gasteiger partial charge in [-0.1, -0.05) is 18.5 Å². The summed E-state index contributed by atoms with van der Waals surface area (Å²) in [5.74, 6) is -0.272. The van der Waals surface area contributed by atoms with Gasteiger partial charge in [-0.25, -0.2) is 9.78 Å². The van der Waals surface area contributed by atoms with Crippen LogP contribution in [0.15, 0.2) is 30.6 Å². The minimum atomic E-state index is -1.03. The molecule has 0 bridgehead atoms. The molecule has 0 saturated carbocycles. The molecule has 0 spiro atoms. The van der Waals surface area contributed by atoms with Crippen LogP contribution in [0.4, 0.5) is 0 Å². The Morgan fingerprint density at radius 1 is 1.50 bits per heavy atom. The second-order valence-electron chi connectivity index (χ2n) is 3.94. The molecule has 94 valence electrons. The maximum Gasteiger partial charge on any atom is 0.337 e. The van der Waals surface area contributed by atoms with E-state index in [1.807, 2.05) is 10.8 Å². The van der Waals surface area contributed by atoms with E-state index in [4.69, 9.17) is 16.7 Å². The number of aromatic carboxylic acids is 1. The molecular formula is C13H13ClN2O2. The highest BCUT2D eigenvalue weighted by molar-refractivity contribution is 6.33. The number of benzene rings is 1. The molecule has 0 fully saturated rings. The number of carbonyl (C=O) groups is 1. The van der Waals surface area contributed by atoms with Crippen LogP contribution in [0.2, 0.25) is 5.02 Å². The Kier molecular flexibility index (Phi) is 3.67. The second-order valence-corrected chi connectivity index (χ2v) is 4.35. The van der Waals surface area contributed by atoms with E-state index in [0.29, 0.717) is 0 Å². The van der Waals surface area contributed by atoms with Gasteiger partial charge in [-0.2, -0.15) is 0 Å². The average molecular weight is 265 g/mol. The largest absolute Gasteiger partial charge is 0.478 e. The van der Waals surface area contributed by atoms with Crippen LogP contribution in [0.3, 0.4) is 0 Å². The predicted octanol–water partition coefficient (Wildman–Crippen LogP) is 3.31. The molecule has 0 aliphatic carbocycles. The maximum absolute atomic E-state index is 11.0. The maximum atomic E-state index is 11.0. The summed E-state index contributed by atoms with van der Waals surface area (Å²) in [6.07, 6.45) is 4.58. The molecule has 18 heavy (non-hydrogen) atoms. The fourth-order valence-electron chi connectivity index (χ4n) is 1.82. The number of halogens is 1. The molecule has 0 radical (unpaired) electrons. The zero-order chi connectivity index (χ0) is 13.1. The molecule has 1 aromatic heterocycles. The van der Waals surface area contributed by atoms with Crippen LogP contribution in [0, 0.1) is 0 Å². The molecule has 1 N–H and O–H groups in total. The number of aromatic nitrogens is 2. The van der Waals surface area contributed by atoms with Crippen molar-refractivity contribution in [3.05, 3.63) is 41.2 Å². The van der Waals surface area contributed by atoms with Crippen LogP contribution in [-0.2, 0) is 6.54 Å². The van der Waals surface area contributed by atoms with Crippen molar-refractivity contribution in [3.8, 4) is 11.4 Å². The van der Waals surface area contributed by atoms with Crippen LogP contribution in [0.5, 0.6) is 0 Å². The van der Waals surface area contributed by atoms with Crippen molar-refractivity contribution in [1.29, 1.82) is 0 Å². The van der Waals surface area contributed by atoms with Crippen LogP contribution >= 0.6 is 11.6 Å². The number of carboxylic acid groups (broad SMARTS) is 1. The molecule has 5 heteroatoms. The lowest BCUT2D eigenvalue weighted by Gasteiger charge is -2.07. The molecule has 0 saturated heterocycles. The van der Waals surface area contributed by atoms with E-state index in [-0.39, 0.29) is 10.6 Å². The van der Waals surface area contributed by atoms with Gasteiger partial charge < -0.3 is 9.67 Å². The van der Waals surface area contributed by atoms with E-state index < -0.39 is 5.97 Å². The number of aryl methyl sites for hydroxylation is 1. The lowest BCUT2D eigenvalue weighted by Crippen LogP contribution is -2.01. The van der Waals surface area contributed by atoms with E-state index in [1.54, 1.807) is 24.4 Å². The first-order chi connectivity index (χ1) is 8.63. The third-order valence-corrected chi connectivity index (χ3v) is 2.96. The zero-order valence-electron chi connectivity index (χ0n) is 9.93. The summed E-state index contributed by atoms with van der Waals surface area (Å²) >= 11 is 5.85. The number of hydrogen-bond donors (Lipinski definition) is 1. The number of imidazole rings is 1. The van der Waals surface area contributed by atoms with Gasteiger partial charge in [0, 0.05) is 24.5 Å². The first-order valence-corrected chi connectivity index (χ1v) is 6.05. The number of carboxylic acids is 1. The summed E-state index contributed by atoms with van der Waals surface area (Å²) < 4.78 is 1.99. The van der Waals surface area contributed by atoms with E-state index in [1.165, 1.54) is 0 Å². The van der Waals surface area contributed by atoms with E-state index in [9.17, 15) is 4.79 Å². The Labute approximate surface area is 110 Å². The Balaban J connectivity index is 2.47. The van der Waals surface area contributed by atoms with Gasteiger partial charge in [-0.3, -0.25) is 0 Å². The first-order valence-electron chi connectivity index (χ1n) is 5.68. The predicted molar refractivity (Wildman–Crippen MR) is 69.9 cm³/mol. The third kappa shape index (κ3) is 2.38. The Hall–Kier alpha value is -1.81. The van der Waals surface area contributed by atoms with Crippen molar-refractivity contribution in [3.63, 3.8) is 0 Å². The normalized spacial score (nSPS) is 10.6. The van der Waals surface area contributed by atoms with Crippen molar-refractivity contribution < 1.29 is 9.90 Å². The van der Waals surface area contributed by atoms with Gasteiger partial charge in [0.1, 0.15) is 5.82 Å². The highest BCUT2D eigenvalue weighted by Gasteiger charge is 2.12. The zero-order valence-corrected chi connectivity index (χ0v) is 10.7.